The summed E-state index contributed by atoms with van der Waals surface area (Å²) in [6.07, 6.45) is 13.7. The van der Waals surface area contributed by atoms with Gasteiger partial charge in [-0.1, -0.05) is 26.7 Å². The van der Waals surface area contributed by atoms with Crippen LogP contribution in [-0.4, -0.2) is 36.2 Å². The highest BCUT2D eigenvalue weighted by molar-refractivity contribution is 9.11. The highest BCUT2D eigenvalue weighted by Gasteiger charge is 2.23. The maximum Gasteiger partial charge on any atom is 0.0942 e. The molecular formula is C20H28Br2N4. The van der Waals surface area contributed by atoms with Crippen molar-refractivity contribution in [1.82, 2.24) is 9.80 Å². The Morgan fingerprint density at radius 1 is 0.808 bits per heavy atom. The van der Waals surface area contributed by atoms with Gasteiger partial charge in [-0.3, -0.25) is 0 Å². The molecule has 26 heavy (non-hydrogen) atoms. The summed E-state index contributed by atoms with van der Waals surface area (Å²) in [5.41, 5.74) is 2.40. The van der Waals surface area contributed by atoms with Crippen molar-refractivity contribution in [2.24, 2.45) is 0 Å². The van der Waals surface area contributed by atoms with Gasteiger partial charge in [0.2, 0.25) is 0 Å². The van der Waals surface area contributed by atoms with Crippen LogP contribution in [0.1, 0.15) is 39.5 Å². The maximum absolute atomic E-state index is 3.88. The largest absolute Gasteiger partial charge is 0.358 e. The third-order valence-corrected chi connectivity index (χ3v) is 6.25. The summed E-state index contributed by atoms with van der Waals surface area (Å²) in [4.78, 5) is 9.36. The molecule has 0 aliphatic carbocycles. The van der Waals surface area contributed by atoms with Crippen LogP contribution in [0.3, 0.4) is 0 Å². The van der Waals surface area contributed by atoms with Crippen LogP contribution >= 0.6 is 31.9 Å². The summed E-state index contributed by atoms with van der Waals surface area (Å²) < 4.78 is 2.25. The third kappa shape index (κ3) is 4.39. The molecule has 0 spiro atoms. The standard InChI is InChI=1S/C20H28Br2N4/c1-3-5-9-23-11-13-25(15-23)18-8-7-17(21)20(19(18)22)26-14-12-24(16-26)10-6-4-2/h7-8,11-14H,3-6,9-10,15-16H2,1-2H3. The van der Waals surface area contributed by atoms with E-state index in [0.717, 1.165) is 35.4 Å². The summed E-state index contributed by atoms with van der Waals surface area (Å²) in [5.74, 6) is 0. The summed E-state index contributed by atoms with van der Waals surface area (Å²) in [6.45, 7) is 8.52. The van der Waals surface area contributed by atoms with Gasteiger partial charge in [0, 0.05) is 42.4 Å². The summed E-state index contributed by atoms with van der Waals surface area (Å²) >= 11 is 7.63. The van der Waals surface area contributed by atoms with Gasteiger partial charge in [0.25, 0.3) is 0 Å². The molecule has 142 valence electrons. The minimum atomic E-state index is 0.902. The molecule has 6 heteroatoms. The average molecular weight is 484 g/mol. The number of benzene rings is 1. The van der Waals surface area contributed by atoms with E-state index in [9.17, 15) is 0 Å². The highest BCUT2D eigenvalue weighted by atomic mass is 79.9. The molecule has 0 fully saturated rings. The number of nitrogens with zero attached hydrogens (tertiary/aromatic N) is 4. The molecule has 1 aromatic rings. The van der Waals surface area contributed by atoms with Gasteiger partial charge >= 0.3 is 0 Å². The van der Waals surface area contributed by atoms with E-state index in [1.807, 2.05) is 0 Å². The Morgan fingerprint density at radius 2 is 1.38 bits per heavy atom. The number of hydrogen-bond donors (Lipinski definition) is 0. The van der Waals surface area contributed by atoms with Crippen molar-refractivity contribution in [3.63, 3.8) is 0 Å². The second kappa shape index (κ2) is 9.18. The smallest absolute Gasteiger partial charge is 0.0942 e. The molecule has 0 unspecified atom stereocenters. The first kappa shape index (κ1) is 19.6. The molecule has 0 saturated heterocycles. The molecule has 0 aromatic heterocycles. The number of anilines is 2. The van der Waals surface area contributed by atoms with Gasteiger partial charge in [0.15, 0.2) is 0 Å². The van der Waals surface area contributed by atoms with Gasteiger partial charge in [0.1, 0.15) is 0 Å². The van der Waals surface area contributed by atoms with Crippen molar-refractivity contribution in [3.8, 4) is 0 Å². The van der Waals surface area contributed by atoms with Crippen LogP contribution in [0.15, 0.2) is 45.9 Å². The minimum absolute atomic E-state index is 0.902. The van der Waals surface area contributed by atoms with Gasteiger partial charge in [-0.05, 0) is 56.8 Å². The van der Waals surface area contributed by atoms with Crippen molar-refractivity contribution >= 4 is 43.2 Å². The van der Waals surface area contributed by atoms with Crippen LogP contribution < -0.4 is 9.80 Å². The van der Waals surface area contributed by atoms with Crippen LogP contribution in [0.2, 0.25) is 0 Å². The molecule has 0 saturated carbocycles. The van der Waals surface area contributed by atoms with Crippen LogP contribution in [0, 0.1) is 0 Å². The molecule has 2 aliphatic rings. The summed E-state index contributed by atoms with van der Waals surface area (Å²) in [6, 6.07) is 4.33. The zero-order valence-corrected chi connectivity index (χ0v) is 18.8. The Bertz CT molecular complexity index is 674. The van der Waals surface area contributed by atoms with E-state index in [1.165, 1.54) is 37.1 Å². The van der Waals surface area contributed by atoms with Gasteiger partial charge < -0.3 is 19.6 Å². The van der Waals surface area contributed by atoms with E-state index in [-0.39, 0.29) is 0 Å². The second-order valence-electron chi connectivity index (χ2n) is 6.88. The molecule has 0 amide bonds. The fraction of sp³-hybridized carbons (Fsp3) is 0.500. The van der Waals surface area contributed by atoms with Gasteiger partial charge in [-0.15, -0.1) is 0 Å². The molecule has 3 rings (SSSR count). The fourth-order valence-corrected chi connectivity index (χ4v) is 4.89. The predicted octanol–water partition coefficient (Wildman–Crippen LogP) is 5.91. The SMILES string of the molecule is CCCCN1C=CN(c2ccc(Br)c(N3C=CN(CCCC)C3)c2Br)C1. The maximum atomic E-state index is 3.88. The lowest BCUT2D eigenvalue weighted by molar-refractivity contribution is 0.395. The zero-order chi connectivity index (χ0) is 18.5. The van der Waals surface area contributed by atoms with Crippen molar-refractivity contribution in [2.75, 3.05) is 36.2 Å². The number of unbranched alkanes of at least 4 members (excludes halogenated alkanes) is 2. The van der Waals surface area contributed by atoms with Crippen LogP contribution in [0.25, 0.3) is 0 Å². The Kier molecular flexibility index (Phi) is 6.92. The lowest BCUT2D eigenvalue weighted by Crippen LogP contribution is -2.28. The van der Waals surface area contributed by atoms with Crippen molar-refractivity contribution in [3.05, 3.63) is 45.9 Å². The van der Waals surface area contributed by atoms with Gasteiger partial charge in [-0.2, -0.15) is 0 Å². The molecule has 2 heterocycles. The van der Waals surface area contributed by atoms with Crippen LogP contribution in [0.5, 0.6) is 0 Å². The number of halogens is 2. The third-order valence-electron chi connectivity index (χ3n) is 4.82. The normalized spacial score (nSPS) is 16.5. The Hall–Kier alpha value is -1.14. The Morgan fingerprint density at radius 3 is 2.00 bits per heavy atom. The first-order valence-corrected chi connectivity index (χ1v) is 11.1. The van der Waals surface area contributed by atoms with Gasteiger partial charge in [0.05, 0.1) is 29.2 Å². The van der Waals surface area contributed by atoms with Gasteiger partial charge in [-0.25, -0.2) is 0 Å². The molecule has 4 nitrogen and oxygen atoms in total. The Balaban J connectivity index is 1.74. The zero-order valence-electron chi connectivity index (χ0n) is 15.7. The van der Waals surface area contributed by atoms with Crippen LogP contribution in [-0.2, 0) is 0 Å². The highest BCUT2D eigenvalue weighted by Crippen LogP contribution is 2.42. The first-order chi connectivity index (χ1) is 12.6. The molecule has 0 bridgehead atoms. The summed E-state index contributed by atoms with van der Waals surface area (Å²) in [7, 11) is 0. The average Bonchev–Trinajstić information content (AvgIpc) is 3.28. The predicted molar refractivity (Wildman–Crippen MR) is 118 cm³/mol. The molecule has 1 aromatic carbocycles. The lowest BCUT2D eigenvalue weighted by Gasteiger charge is -2.27. The van der Waals surface area contributed by atoms with E-state index in [2.05, 4.69) is 102 Å². The quantitative estimate of drug-likeness (QED) is 0.455. The summed E-state index contributed by atoms with van der Waals surface area (Å²) in [5, 5.41) is 0. The van der Waals surface area contributed by atoms with Crippen LogP contribution in [0.4, 0.5) is 11.4 Å². The second-order valence-corrected chi connectivity index (χ2v) is 8.53. The van der Waals surface area contributed by atoms with E-state index < -0.39 is 0 Å². The number of rotatable bonds is 8. The van der Waals surface area contributed by atoms with Crippen molar-refractivity contribution in [1.29, 1.82) is 0 Å². The monoisotopic (exact) mass is 482 g/mol. The molecule has 2 aliphatic heterocycles. The Labute approximate surface area is 174 Å². The van der Waals surface area contributed by atoms with Crippen molar-refractivity contribution in [2.45, 2.75) is 39.5 Å². The van der Waals surface area contributed by atoms with E-state index in [0.29, 0.717) is 0 Å². The topological polar surface area (TPSA) is 13.0 Å². The fourth-order valence-electron chi connectivity index (χ4n) is 3.26. The molecule has 0 atom stereocenters. The molecule has 0 N–H and O–H groups in total. The van der Waals surface area contributed by atoms with E-state index >= 15 is 0 Å². The minimum Gasteiger partial charge on any atom is -0.358 e. The van der Waals surface area contributed by atoms with E-state index in [1.54, 1.807) is 0 Å². The van der Waals surface area contributed by atoms with E-state index in [4.69, 9.17) is 0 Å². The first-order valence-electron chi connectivity index (χ1n) is 9.50. The lowest BCUT2D eigenvalue weighted by atomic mass is 10.2. The molecule has 0 radical (unpaired) electrons. The number of hydrogen-bond acceptors (Lipinski definition) is 4. The van der Waals surface area contributed by atoms with Crippen molar-refractivity contribution < 1.29 is 0 Å². The molecular weight excluding hydrogens is 456 g/mol.